The average molecular weight is 314 g/mol. The van der Waals surface area contributed by atoms with Gasteiger partial charge in [-0.2, -0.15) is 0 Å². The van der Waals surface area contributed by atoms with E-state index < -0.39 is 0 Å². The van der Waals surface area contributed by atoms with Gasteiger partial charge in [0.25, 0.3) is 0 Å². The highest BCUT2D eigenvalue weighted by atomic mass is 127. The quantitative estimate of drug-likeness (QED) is 0.371. The summed E-state index contributed by atoms with van der Waals surface area (Å²) in [7, 11) is 1.36. The third-order valence-corrected chi connectivity index (χ3v) is 2.42. The van der Waals surface area contributed by atoms with Gasteiger partial charge in [0.1, 0.15) is 0 Å². The molecule has 3 heteroatoms. The molecule has 2 nitrogen and oxygen atoms in total. The third kappa shape index (κ3) is 4.78. The molecule has 0 unspecified atom stereocenters. The fourth-order valence-electron chi connectivity index (χ4n) is 0.943. The fourth-order valence-corrected chi connectivity index (χ4v) is 1.30. The van der Waals surface area contributed by atoms with E-state index in [1.165, 1.54) is 16.8 Å². The van der Waals surface area contributed by atoms with Crippen LogP contribution < -0.4 is 0 Å². The number of allylic oxidation sites excluding steroid dienone is 2. The number of hydrogen-bond acceptors (Lipinski definition) is 2. The summed E-state index contributed by atoms with van der Waals surface area (Å²) in [5.41, 5.74) is 1.10. The first-order valence-electron chi connectivity index (χ1n) is 4.40. The van der Waals surface area contributed by atoms with Gasteiger partial charge in [0, 0.05) is 9.65 Å². The summed E-state index contributed by atoms with van der Waals surface area (Å²) in [5.74, 6) is -0.345. The lowest BCUT2D eigenvalue weighted by atomic mass is 10.2. The Labute approximate surface area is 103 Å². The summed E-state index contributed by atoms with van der Waals surface area (Å²) < 4.78 is 5.66. The topological polar surface area (TPSA) is 26.3 Å². The van der Waals surface area contributed by atoms with E-state index in [2.05, 4.69) is 27.3 Å². The highest BCUT2D eigenvalue weighted by molar-refractivity contribution is 14.1. The summed E-state index contributed by atoms with van der Waals surface area (Å²) in [6, 6.07) is 8.10. The van der Waals surface area contributed by atoms with Crippen LogP contribution in [0.15, 0.2) is 42.5 Å². The van der Waals surface area contributed by atoms with Crippen molar-refractivity contribution < 1.29 is 9.53 Å². The molecule has 0 fully saturated rings. The molecule has 0 atom stereocenters. The van der Waals surface area contributed by atoms with Gasteiger partial charge >= 0.3 is 5.97 Å². The Bertz CT molecular complexity index is 377. The normalized spacial score (nSPS) is 11.1. The van der Waals surface area contributed by atoms with Crippen molar-refractivity contribution in [3.05, 3.63) is 51.6 Å². The molecule has 0 aliphatic heterocycles. The SMILES string of the molecule is COC(=O)/C=C/C=C/c1ccc(I)cc1. The summed E-state index contributed by atoms with van der Waals surface area (Å²) >= 11 is 2.26. The van der Waals surface area contributed by atoms with Crippen LogP contribution in [0.4, 0.5) is 0 Å². The van der Waals surface area contributed by atoms with E-state index in [-0.39, 0.29) is 5.97 Å². The predicted molar refractivity (Wildman–Crippen MR) is 69.3 cm³/mol. The zero-order chi connectivity index (χ0) is 11.1. The number of methoxy groups -OCH3 is 1. The standard InChI is InChI=1S/C12H11IO2/c1-15-12(14)5-3-2-4-10-6-8-11(13)9-7-10/h2-9H,1H3/b4-2+,5-3+. The van der Waals surface area contributed by atoms with Crippen molar-refractivity contribution in [2.24, 2.45) is 0 Å². The van der Waals surface area contributed by atoms with Crippen LogP contribution in [0, 0.1) is 3.57 Å². The Morgan fingerprint density at radius 1 is 1.27 bits per heavy atom. The first kappa shape index (κ1) is 12.0. The number of halogens is 1. The molecule has 0 aliphatic carbocycles. The molecule has 0 aliphatic rings. The zero-order valence-electron chi connectivity index (χ0n) is 8.31. The van der Waals surface area contributed by atoms with Gasteiger partial charge in [-0.1, -0.05) is 30.4 Å². The molecule has 0 saturated heterocycles. The summed E-state index contributed by atoms with van der Waals surface area (Å²) in [5, 5.41) is 0. The van der Waals surface area contributed by atoms with E-state index in [9.17, 15) is 4.79 Å². The minimum Gasteiger partial charge on any atom is -0.466 e. The smallest absolute Gasteiger partial charge is 0.330 e. The first-order valence-corrected chi connectivity index (χ1v) is 5.48. The van der Waals surface area contributed by atoms with Gasteiger partial charge in [0.15, 0.2) is 0 Å². The van der Waals surface area contributed by atoms with Crippen molar-refractivity contribution in [2.75, 3.05) is 7.11 Å². The van der Waals surface area contributed by atoms with Crippen LogP contribution in [-0.4, -0.2) is 13.1 Å². The van der Waals surface area contributed by atoms with Crippen LogP contribution in [0.2, 0.25) is 0 Å². The van der Waals surface area contributed by atoms with Gasteiger partial charge in [-0.25, -0.2) is 4.79 Å². The highest BCUT2D eigenvalue weighted by Gasteiger charge is 1.88. The molecule has 0 aromatic heterocycles. The summed E-state index contributed by atoms with van der Waals surface area (Å²) in [6.45, 7) is 0. The van der Waals surface area contributed by atoms with Crippen molar-refractivity contribution in [1.82, 2.24) is 0 Å². The number of rotatable bonds is 3. The van der Waals surface area contributed by atoms with Crippen LogP contribution in [0.3, 0.4) is 0 Å². The van der Waals surface area contributed by atoms with Gasteiger partial charge in [-0.05, 0) is 40.3 Å². The molecular formula is C12H11IO2. The molecule has 78 valence electrons. The van der Waals surface area contributed by atoms with Crippen LogP contribution in [0.25, 0.3) is 6.08 Å². The van der Waals surface area contributed by atoms with E-state index in [0.717, 1.165) is 5.56 Å². The summed E-state index contributed by atoms with van der Waals surface area (Å²) in [4.78, 5) is 10.7. The minimum absolute atomic E-state index is 0.345. The number of hydrogen-bond donors (Lipinski definition) is 0. The van der Waals surface area contributed by atoms with Crippen molar-refractivity contribution in [3.8, 4) is 0 Å². The molecule has 0 amide bonds. The summed E-state index contributed by atoms with van der Waals surface area (Å²) in [6.07, 6.45) is 6.77. The number of ether oxygens (including phenoxy) is 1. The predicted octanol–water partition coefficient (Wildman–Crippen LogP) is 3.03. The largest absolute Gasteiger partial charge is 0.466 e. The Hall–Kier alpha value is -1.10. The second kappa shape index (κ2) is 6.40. The van der Waals surface area contributed by atoms with Crippen molar-refractivity contribution in [2.45, 2.75) is 0 Å². The van der Waals surface area contributed by atoms with Crippen molar-refractivity contribution in [1.29, 1.82) is 0 Å². The van der Waals surface area contributed by atoms with E-state index in [4.69, 9.17) is 0 Å². The average Bonchev–Trinajstić information content (AvgIpc) is 2.26. The monoisotopic (exact) mass is 314 g/mol. The molecule has 1 aromatic rings. The number of carbonyl (C=O) groups excluding carboxylic acids is 1. The van der Waals surface area contributed by atoms with Gasteiger partial charge < -0.3 is 4.74 Å². The molecule has 0 heterocycles. The van der Waals surface area contributed by atoms with Gasteiger partial charge in [0.05, 0.1) is 7.11 Å². The molecule has 0 saturated carbocycles. The van der Waals surface area contributed by atoms with Crippen molar-refractivity contribution >= 4 is 34.6 Å². The molecule has 0 bridgehead atoms. The zero-order valence-corrected chi connectivity index (χ0v) is 10.5. The lowest BCUT2D eigenvalue weighted by Crippen LogP contribution is -1.92. The van der Waals surface area contributed by atoms with E-state index >= 15 is 0 Å². The maximum absolute atomic E-state index is 10.7. The van der Waals surface area contributed by atoms with Crippen LogP contribution in [0.5, 0.6) is 0 Å². The Morgan fingerprint density at radius 3 is 2.53 bits per heavy atom. The number of benzene rings is 1. The Morgan fingerprint density at radius 2 is 1.93 bits per heavy atom. The van der Waals surface area contributed by atoms with Gasteiger partial charge in [-0.15, -0.1) is 0 Å². The minimum atomic E-state index is -0.345. The van der Waals surface area contributed by atoms with Crippen molar-refractivity contribution in [3.63, 3.8) is 0 Å². The molecule has 1 rings (SSSR count). The molecule has 0 N–H and O–H groups in total. The highest BCUT2D eigenvalue weighted by Crippen LogP contribution is 2.07. The third-order valence-electron chi connectivity index (χ3n) is 1.70. The molecular weight excluding hydrogens is 303 g/mol. The number of esters is 1. The van der Waals surface area contributed by atoms with Crippen LogP contribution in [-0.2, 0) is 9.53 Å². The molecule has 0 radical (unpaired) electrons. The molecule has 1 aromatic carbocycles. The van der Waals surface area contributed by atoms with Crippen LogP contribution in [0.1, 0.15) is 5.56 Å². The molecule has 0 spiro atoms. The Kier molecular flexibility index (Phi) is 5.10. The molecule has 15 heavy (non-hydrogen) atoms. The maximum atomic E-state index is 10.7. The lowest BCUT2D eigenvalue weighted by molar-refractivity contribution is -0.134. The second-order valence-corrected chi connectivity index (χ2v) is 4.04. The van der Waals surface area contributed by atoms with Gasteiger partial charge in [0.2, 0.25) is 0 Å². The van der Waals surface area contributed by atoms with Crippen LogP contribution >= 0.6 is 22.6 Å². The van der Waals surface area contributed by atoms with E-state index in [1.54, 1.807) is 12.2 Å². The van der Waals surface area contributed by atoms with E-state index in [0.29, 0.717) is 0 Å². The first-order chi connectivity index (χ1) is 7.22. The fraction of sp³-hybridized carbons (Fsp3) is 0.0833. The second-order valence-electron chi connectivity index (χ2n) is 2.79. The van der Waals surface area contributed by atoms with E-state index in [1.807, 2.05) is 30.3 Å². The maximum Gasteiger partial charge on any atom is 0.330 e. The Balaban J connectivity index is 2.55. The lowest BCUT2D eigenvalue weighted by Gasteiger charge is -1.92. The van der Waals surface area contributed by atoms with Gasteiger partial charge in [-0.3, -0.25) is 0 Å². The number of carbonyl (C=O) groups is 1.